The fourth-order valence-electron chi connectivity index (χ4n) is 1.67. The van der Waals surface area contributed by atoms with Crippen LogP contribution in [0.3, 0.4) is 0 Å². The number of hydrogen-bond donors (Lipinski definition) is 1. The Morgan fingerprint density at radius 3 is 2.76 bits per heavy atom. The van der Waals surface area contributed by atoms with Crippen LogP contribution in [0.1, 0.15) is 0 Å². The number of ether oxygens (including phenoxy) is 1. The molecule has 8 heteroatoms. The van der Waals surface area contributed by atoms with Gasteiger partial charge in [0.25, 0.3) is 0 Å². The lowest BCUT2D eigenvalue weighted by Gasteiger charge is -2.25. The first-order chi connectivity index (χ1) is 8.14. The summed E-state index contributed by atoms with van der Waals surface area (Å²) in [5.74, 6) is 0. The quantitative estimate of drug-likeness (QED) is 0.739. The van der Waals surface area contributed by atoms with Gasteiger partial charge in [0.1, 0.15) is 4.90 Å². The number of nitrogens with two attached hydrogens (primary N) is 1. The molecule has 7 nitrogen and oxygen atoms in total. The zero-order valence-corrected chi connectivity index (χ0v) is 10.3. The fraction of sp³-hybridized carbons (Fsp3) is 0.667. The van der Waals surface area contributed by atoms with Gasteiger partial charge in [0.15, 0.2) is 0 Å². The van der Waals surface area contributed by atoms with Crippen LogP contribution in [-0.4, -0.2) is 55.4 Å². The highest BCUT2D eigenvalue weighted by molar-refractivity contribution is 7.89. The normalized spacial score (nSPS) is 18.4. The zero-order chi connectivity index (χ0) is 12.3. The van der Waals surface area contributed by atoms with E-state index in [9.17, 15) is 8.42 Å². The van der Waals surface area contributed by atoms with Crippen molar-refractivity contribution in [3.63, 3.8) is 0 Å². The Morgan fingerprint density at radius 1 is 1.41 bits per heavy atom. The molecule has 17 heavy (non-hydrogen) atoms. The lowest BCUT2D eigenvalue weighted by molar-refractivity contribution is 0.0730. The van der Waals surface area contributed by atoms with Gasteiger partial charge in [0, 0.05) is 25.8 Å². The molecule has 1 aromatic rings. The summed E-state index contributed by atoms with van der Waals surface area (Å²) in [4.78, 5) is 0.216. The number of nitrogens with zero attached hydrogens (tertiary/aromatic N) is 3. The van der Waals surface area contributed by atoms with E-state index < -0.39 is 10.0 Å². The van der Waals surface area contributed by atoms with Crippen LogP contribution < -0.4 is 5.73 Å². The molecule has 0 aromatic carbocycles. The SMILES string of the molecule is NCCn1cc(S(=O)(=O)N2CCOCC2)cn1. The summed E-state index contributed by atoms with van der Waals surface area (Å²) in [6.45, 7) is 2.61. The minimum atomic E-state index is -3.43. The Kier molecular flexibility index (Phi) is 3.77. The highest BCUT2D eigenvalue weighted by Crippen LogP contribution is 2.15. The summed E-state index contributed by atoms with van der Waals surface area (Å²) in [5.41, 5.74) is 5.38. The van der Waals surface area contributed by atoms with Crippen molar-refractivity contribution in [2.45, 2.75) is 11.4 Å². The maximum absolute atomic E-state index is 12.2. The van der Waals surface area contributed by atoms with E-state index in [1.54, 1.807) is 0 Å². The Bertz CT molecular complexity index is 464. The molecule has 0 amide bonds. The van der Waals surface area contributed by atoms with Gasteiger partial charge in [-0.3, -0.25) is 4.68 Å². The summed E-state index contributed by atoms with van der Waals surface area (Å²) in [6.07, 6.45) is 2.87. The van der Waals surface area contributed by atoms with Gasteiger partial charge in [0.2, 0.25) is 10.0 Å². The Labute approximate surface area is 100 Å². The van der Waals surface area contributed by atoms with Crippen LogP contribution in [0.4, 0.5) is 0 Å². The molecule has 0 saturated carbocycles. The van der Waals surface area contributed by atoms with E-state index in [1.807, 2.05) is 0 Å². The third-order valence-corrected chi connectivity index (χ3v) is 4.43. The lowest BCUT2D eigenvalue weighted by atomic mass is 10.5. The Hall–Kier alpha value is -0.960. The van der Waals surface area contributed by atoms with Crippen LogP contribution in [0.15, 0.2) is 17.3 Å². The molecule has 0 bridgehead atoms. The van der Waals surface area contributed by atoms with Gasteiger partial charge >= 0.3 is 0 Å². The van der Waals surface area contributed by atoms with Crippen molar-refractivity contribution in [3.8, 4) is 0 Å². The molecule has 0 radical (unpaired) electrons. The van der Waals surface area contributed by atoms with E-state index in [4.69, 9.17) is 10.5 Å². The first kappa shape index (κ1) is 12.5. The first-order valence-corrected chi connectivity index (χ1v) is 6.89. The third kappa shape index (κ3) is 2.65. The van der Waals surface area contributed by atoms with Gasteiger partial charge in [-0.15, -0.1) is 0 Å². The van der Waals surface area contributed by atoms with Gasteiger partial charge in [0.05, 0.1) is 26.0 Å². The van der Waals surface area contributed by atoms with Gasteiger partial charge in [-0.25, -0.2) is 8.42 Å². The summed E-state index contributed by atoms with van der Waals surface area (Å²) in [7, 11) is -3.43. The van der Waals surface area contributed by atoms with Gasteiger partial charge in [-0.1, -0.05) is 0 Å². The molecule has 96 valence electrons. The second-order valence-corrected chi connectivity index (χ2v) is 5.68. The Balaban J connectivity index is 2.18. The molecule has 2 rings (SSSR count). The lowest BCUT2D eigenvalue weighted by Crippen LogP contribution is -2.40. The van der Waals surface area contributed by atoms with E-state index in [0.717, 1.165) is 0 Å². The monoisotopic (exact) mass is 260 g/mol. The first-order valence-electron chi connectivity index (χ1n) is 5.45. The molecule has 0 unspecified atom stereocenters. The minimum absolute atomic E-state index is 0.216. The number of sulfonamides is 1. The molecular weight excluding hydrogens is 244 g/mol. The number of morpholine rings is 1. The van der Waals surface area contributed by atoms with E-state index >= 15 is 0 Å². The predicted molar refractivity (Wildman–Crippen MR) is 60.9 cm³/mol. The van der Waals surface area contributed by atoms with Crippen molar-refractivity contribution >= 4 is 10.0 Å². The molecule has 1 aliphatic rings. The average Bonchev–Trinajstić information content (AvgIpc) is 2.80. The van der Waals surface area contributed by atoms with Crippen molar-refractivity contribution in [3.05, 3.63) is 12.4 Å². The molecule has 2 heterocycles. The number of aromatic nitrogens is 2. The van der Waals surface area contributed by atoms with Crippen molar-refractivity contribution in [1.29, 1.82) is 0 Å². The molecular formula is C9H16N4O3S. The van der Waals surface area contributed by atoms with E-state index in [2.05, 4.69) is 5.10 Å². The molecule has 1 aromatic heterocycles. The summed E-state index contributed by atoms with van der Waals surface area (Å²) in [6, 6.07) is 0. The van der Waals surface area contributed by atoms with Crippen molar-refractivity contribution in [1.82, 2.24) is 14.1 Å². The summed E-state index contributed by atoms with van der Waals surface area (Å²) < 4.78 is 32.5. The topological polar surface area (TPSA) is 90.5 Å². The van der Waals surface area contributed by atoms with Crippen molar-refractivity contribution in [2.75, 3.05) is 32.8 Å². The standard InChI is InChI=1S/C9H16N4O3S/c10-1-2-12-8-9(7-11-12)17(14,15)13-3-5-16-6-4-13/h7-8H,1-6,10H2. The molecule has 1 saturated heterocycles. The van der Waals surface area contributed by atoms with Crippen LogP contribution in [0.25, 0.3) is 0 Å². The maximum atomic E-state index is 12.2. The smallest absolute Gasteiger partial charge is 0.246 e. The zero-order valence-electron chi connectivity index (χ0n) is 9.45. The summed E-state index contributed by atoms with van der Waals surface area (Å²) >= 11 is 0. The molecule has 1 fully saturated rings. The van der Waals surface area contributed by atoms with E-state index in [0.29, 0.717) is 39.4 Å². The van der Waals surface area contributed by atoms with Crippen molar-refractivity contribution < 1.29 is 13.2 Å². The van der Waals surface area contributed by atoms with Crippen LogP contribution in [0, 0.1) is 0 Å². The minimum Gasteiger partial charge on any atom is -0.379 e. The molecule has 0 aliphatic carbocycles. The maximum Gasteiger partial charge on any atom is 0.246 e. The second kappa shape index (κ2) is 5.13. The molecule has 0 spiro atoms. The molecule has 0 atom stereocenters. The van der Waals surface area contributed by atoms with E-state index in [-0.39, 0.29) is 4.90 Å². The number of rotatable bonds is 4. The second-order valence-electron chi connectivity index (χ2n) is 3.74. The van der Waals surface area contributed by atoms with Crippen LogP contribution in [0.2, 0.25) is 0 Å². The van der Waals surface area contributed by atoms with E-state index in [1.165, 1.54) is 21.4 Å². The average molecular weight is 260 g/mol. The van der Waals surface area contributed by atoms with Crippen LogP contribution in [-0.2, 0) is 21.3 Å². The van der Waals surface area contributed by atoms with Gasteiger partial charge in [-0.05, 0) is 0 Å². The highest BCUT2D eigenvalue weighted by atomic mass is 32.2. The molecule has 2 N–H and O–H groups in total. The van der Waals surface area contributed by atoms with Crippen LogP contribution >= 0.6 is 0 Å². The van der Waals surface area contributed by atoms with Gasteiger partial charge < -0.3 is 10.5 Å². The largest absolute Gasteiger partial charge is 0.379 e. The Morgan fingerprint density at radius 2 is 2.12 bits per heavy atom. The van der Waals surface area contributed by atoms with Crippen LogP contribution in [0.5, 0.6) is 0 Å². The summed E-state index contributed by atoms with van der Waals surface area (Å²) in [5, 5.41) is 3.97. The van der Waals surface area contributed by atoms with Crippen molar-refractivity contribution in [2.24, 2.45) is 5.73 Å². The highest BCUT2D eigenvalue weighted by Gasteiger charge is 2.27. The van der Waals surface area contributed by atoms with Gasteiger partial charge in [-0.2, -0.15) is 9.40 Å². The predicted octanol–water partition coefficient (Wildman–Crippen LogP) is -1.14. The third-order valence-electron chi connectivity index (χ3n) is 2.58. The fourth-order valence-corrected chi connectivity index (χ4v) is 3.03. The number of hydrogen-bond acceptors (Lipinski definition) is 5. The molecule has 1 aliphatic heterocycles.